The first kappa shape index (κ1) is 24.3. The summed E-state index contributed by atoms with van der Waals surface area (Å²) >= 11 is 0. The van der Waals surface area contributed by atoms with Gasteiger partial charge in [0.1, 0.15) is 5.75 Å². The summed E-state index contributed by atoms with van der Waals surface area (Å²) in [7, 11) is -3.62. The van der Waals surface area contributed by atoms with Gasteiger partial charge in [0.25, 0.3) is 0 Å². The molecule has 1 saturated carbocycles. The lowest BCUT2D eigenvalue weighted by molar-refractivity contribution is -0.148. The summed E-state index contributed by atoms with van der Waals surface area (Å²) in [6.07, 6.45) is 3.35. The molecule has 4 atom stereocenters. The maximum absolute atomic E-state index is 13.8. The van der Waals surface area contributed by atoms with Crippen molar-refractivity contribution in [2.75, 3.05) is 6.54 Å². The number of hydrogen-bond donors (Lipinski definition) is 2. The van der Waals surface area contributed by atoms with Crippen molar-refractivity contribution >= 4 is 15.9 Å². The summed E-state index contributed by atoms with van der Waals surface area (Å²) in [5, 5.41) is 10.6. The van der Waals surface area contributed by atoms with Crippen LogP contribution in [-0.2, 0) is 26.7 Å². The Balaban J connectivity index is 1.33. The molecule has 188 valence electrons. The van der Waals surface area contributed by atoms with E-state index in [4.69, 9.17) is 0 Å². The molecule has 2 aromatic rings. The first-order valence-corrected chi connectivity index (χ1v) is 14.1. The number of benzene rings is 2. The molecule has 2 N–H and O–H groups in total. The van der Waals surface area contributed by atoms with Crippen LogP contribution >= 0.6 is 0 Å². The average Bonchev–Trinajstić information content (AvgIpc) is 3.24. The molecular weight excluding hydrogens is 460 g/mol. The molecule has 1 aliphatic heterocycles. The minimum Gasteiger partial charge on any atom is -0.508 e. The smallest absolute Gasteiger partial charge is 0.240 e. The summed E-state index contributed by atoms with van der Waals surface area (Å²) < 4.78 is 28.6. The van der Waals surface area contributed by atoms with Gasteiger partial charge in [-0.3, -0.25) is 4.79 Å². The summed E-state index contributed by atoms with van der Waals surface area (Å²) in [5.74, 6) is 0.252. The zero-order valence-corrected chi connectivity index (χ0v) is 21.9. The van der Waals surface area contributed by atoms with Gasteiger partial charge in [0.15, 0.2) is 0 Å². The van der Waals surface area contributed by atoms with Crippen LogP contribution in [0.15, 0.2) is 47.4 Å². The van der Waals surface area contributed by atoms with Crippen molar-refractivity contribution in [3.05, 3.63) is 59.2 Å². The van der Waals surface area contributed by atoms with Gasteiger partial charge in [-0.1, -0.05) is 50.6 Å². The minimum absolute atomic E-state index is 0.00199. The third-order valence-electron chi connectivity index (χ3n) is 9.35. The largest absolute Gasteiger partial charge is 0.508 e. The Morgan fingerprint density at radius 1 is 1.09 bits per heavy atom. The number of piperidine rings is 1. The average molecular weight is 497 g/mol. The highest BCUT2D eigenvalue weighted by molar-refractivity contribution is 7.89. The Morgan fingerprint density at radius 3 is 2.51 bits per heavy atom. The highest BCUT2D eigenvalue weighted by atomic mass is 32.2. The summed E-state index contributed by atoms with van der Waals surface area (Å²) in [6, 6.07) is 12.4. The van der Waals surface area contributed by atoms with Crippen molar-refractivity contribution in [3.8, 4) is 5.75 Å². The van der Waals surface area contributed by atoms with Crippen LogP contribution in [0.4, 0.5) is 0 Å². The SMILES string of the molecule is Cc1ccc(S(=O)(=O)N[C@@H]2CC[C@@H](C(=O)N3CC[C@@]4(C)c5cccc(O)c5C[C@@H]3C4(C)C)C2)cc1. The number of carbonyl (C=O) groups is 1. The van der Waals surface area contributed by atoms with Crippen molar-refractivity contribution < 1.29 is 18.3 Å². The number of aromatic hydroxyl groups is 1. The van der Waals surface area contributed by atoms with Gasteiger partial charge in [0.2, 0.25) is 15.9 Å². The topological polar surface area (TPSA) is 86.7 Å². The molecule has 0 spiro atoms. The second-order valence-electron chi connectivity index (χ2n) is 11.5. The molecule has 1 heterocycles. The Kier molecular flexibility index (Phi) is 5.80. The molecule has 6 nitrogen and oxygen atoms in total. The molecular formula is C28H36N2O4S. The lowest BCUT2D eigenvalue weighted by Gasteiger charge is -2.61. The fourth-order valence-electron chi connectivity index (χ4n) is 6.74. The normalized spacial score (nSPS) is 29.6. The zero-order valence-electron chi connectivity index (χ0n) is 21.0. The van der Waals surface area contributed by atoms with E-state index in [9.17, 15) is 18.3 Å². The van der Waals surface area contributed by atoms with E-state index in [-0.39, 0.29) is 39.6 Å². The molecule has 0 unspecified atom stereocenters. The van der Waals surface area contributed by atoms with Crippen LogP contribution in [0.25, 0.3) is 0 Å². The number of hydrogen-bond acceptors (Lipinski definition) is 4. The van der Waals surface area contributed by atoms with Gasteiger partial charge in [-0.15, -0.1) is 0 Å². The van der Waals surface area contributed by atoms with Crippen molar-refractivity contribution in [3.63, 3.8) is 0 Å². The number of rotatable bonds is 4. The van der Waals surface area contributed by atoms with Gasteiger partial charge in [-0.05, 0) is 73.8 Å². The van der Waals surface area contributed by atoms with Crippen LogP contribution in [0.3, 0.4) is 0 Å². The molecule has 7 heteroatoms. The maximum atomic E-state index is 13.8. The Morgan fingerprint density at radius 2 is 1.80 bits per heavy atom. The lowest BCUT2D eigenvalue weighted by Crippen LogP contribution is -2.65. The van der Waals surface area contributed by atoms with Crippen LogP contribution < -0.4 is 4.72 Å². The third-order valence-corrected chi connectivity index (χ3v) is 10.9. The predicted octanol–water partition coefficient (Wildman–Crippen LogP) is 4.29. The second-order valence-corrected chi connectivity index (χ2v) is 13.2. The van der Waals surface area contributed by atoms with Gasteiger partial charge >= 0.3 is 0 Å². The Bertz CT molecular complexity index is 1250. The monoisotopic (exact) mass is 496 g/mol. The van der Waals surface area contributed by atoms with Crippen molar-refractivity contribution in [1.82, 2.24) is 9.62 Å². The highest BCUT2D eigenvalue weighted by Gasteiger charge is 2.57. The molecule has 2 aliphatic carbocycles. The molecule has 2 bridgehead atoms. The van der Waals surface area contributed by atoms with Crippen LogP contribution in [0.5, 0.6) is 5.75 Å². The number of sulfonamides is 1. The van der Waals surface area contributed by atoms with E-state index >= 15 is 0 Å². The molecule has 1 amide bonds. The molecule has 0 aromatic heterocycles. The summed E-state index contributed by atoms with van der Waals surface area (Å²) in [5.41, 5.74) is 2.91. The van der Waals surface area contributed by atoms with Crippen LogP contribution in [0, 0.1) is 18.3 Å². The van der Waals surface area contributed by atoms with Crippen molar-refractivity contribution in [1.29, 1.82) is 0 Å². The van der Waals surface area contributed by atoms with Gasteiger partial charge in [0.05, 0.1) is 4.90 Å². The number of aryl methyl sites for hydroxylation is 1. The van der Waals surface area contributed by atoms with Gasteiger partial charge < -0.3 is 10.0 Å². The number of fused-ring (bicyclic) bond motifs is 4. The standard InChI is InChI=1S/C28H36N2O4S/c1-18-8-12-21(13-9-18)35(33,34)29-20-11-10-19(16-20)26(32)30-15-14-28(4)23-6-5-7-24(31)22(23)17-25(30)27(28,2)3/h5-9,12-13,19-20,25,29,31H,10-11,14-17H2,1-4H3/t19-,20-,25-,28+/m1/s1. The quantitative estimate of drug-likeness (QED) is 0.661. The first-order chi connectivity index (χ1) is 16.4. The Labute approximate surface area is 208 Å². The molecule has 3 aliphatic rings. The van der Waals surface area contributed by atoms with E-state index in [1.54, 1.807) is 30.3 Å². The number of likely N-dealkylation sites (tertiary alicyclic amines) is 1. The number of phenols is 1. The van der Waals surface area contributed by atoms with E-state index in [2.05, 4.69) is 31.6 Å². The van der Waals surface area contributed by atoms with E-state index in [0.717, 1.165) is 17.5 Å². The van der Waals surface area contributed by atoms with Crippen molar-refractivity contribution in [2.45, 2.75) is 82.2 Å². The number of phenolic OH excluding ortho intramolecular Hbond substituents is 1. The minimum atomic E-state index is -3.62. The molecule has 35 heavy (non-hydrogen) atoms. The van der Waals surface area contributed by atoms with Crippen LogP contribution in [0.1, 0.15) is 63.1 Å². The fraction of sp³-hybridized carbons (Fsp3) is 0.536. The molecule has 0 radical (unpaired) electrons. The summed E-state index contributed by atoms with van der Waals surface area (Å²) in [4.78, 5) is 16.1. The highest BCUT2D eigenvalue weighted by Crippen LogP contribution is 2.57. The zero-order chi connectivity index (χ0) is 25.2. The van der Waals surface area contributed by atoms with Crippen LogP contribution in [0.2, 0.25) is 0 Å². The first-order valence-electron chi connectivity index (χ1n) is 12.6. The molecule has 2 aromatic carbocycles. The number of amides is 1. The van der Waals surface area contributed by atoms with Crippen LogP contribution in [-0.4, -0.2) is 43.0 Å². The predicted molar refractivity (Wildman–Crippen MR) is 136 cm³/mol. The number of nitrogens with zero attached hydrogens (tertiary/aromatic N) is 1. The molecule has 5 rings (SSSR count). The van der Waals surface area contributed by atoms with E-state index < -0.39 is 10.0 Å². The fourth-order valence-corrected chi connectivity index (χ4v) is 8.03. The second kappa shape index (κ2) is 8.34. The summed E-state index contributed by atoms with van der Waals surface area (Å²) in [6.45, 7) is 9.38. The lowest BCUT2D eigenvalue weighted by atomic mass is 9.51. The molecule has 2 fully saturated rings. The van der Waals surface area contributed by atoms with Gasteiger partial charge in [0, 0.05) is 30.0 Å². The number of nitrogens with one attached hydrogen (secondary N) is 1. The van der Waals surface area contributed by atoms with E-state index in [1.807, 2.05) is 17.9 Å². The molecule has 1 saturated heterocycles. The maximum Gasteiger partial charge on any atom is 0.240 e. The Hall–Kier alpha value is -2.38. The van der Waals surface area contributed by atoms with Gasteiger partial charge in [-0.25, -0.2) is 13.1 Å². The van der Waals surface area contributed by atoms with E-state index in [1.165, 1.54) is 5.56 Å². The van der Waals surface area contributed by atoms with Gasteiger partial charge in [-0.2, -0.15) is 0 Å². The third kappa shape index (κ3) is 3.87. The number of carbonyl (C=O) groups excluding carboxylic acids is 1. The van der Waals surface area contributed by atoms with Crippen molar-refractivity contribution in [2.24, 2.45) is 11.3 Å². The van der Waals surface area contributed by atoms with E-state index in [0.29, 0.717) is 38.0 Å².